The van der Waals surface area contributed by atoms with E-state index in [4.69, 9.17) is 0 Å². The predicted molar refractivity (Wildman–Crippen MR) is 143 cm³/mol. The highest BCUT2D eigenvalue weighted by Crippen LogP contribution is 2.31. The molecule has 8 nitrogen and oxygen atoms in total. The van der Waals surface area contributed by atoms with Gasteiger partial charge in [-0.25, -0.2) is 13.1 Å². The van der Waals surface area contributed by atoms with Crippen LogP contribution in [0.25, 0.3) is 22.0 Å². The molecule has 1 aromatic heterocycles. The molecule has 4 rings (SSSR count). The Balaban J connectivity index is 1.64. The zero-order valence-corrected chi connectivity index (χ0v) is 22.1. The van der Waals surface area contributed by atoms with E-state index in [9.17, 15) is 31.6 Å². The standard InChI is InChI=1S/C28H25F3N4O4S/c1-2-34-40(37,38)22-10-7-18(8-11-22)19-9-12-26(39-28(29,30)31)24(16-19)27(36)35-21(13-14-32)15-20-17-33-25-6-4-3-5-23(20)25/h3-12,16-17,21,33-34H,2,13,15H2,1H3,(H,35,36). The first-order chi connectivity index (χ1) is 19.0. The van der Waals surface area contributed by atoms with Gasteiger partial charge >= 0.3 is 6.36 Å². The summed E-state index contributed by atoms with van der Waals surface area (Å²) in [5.74, 6) is -1.56. The van der Waals surface area contributed by atoms with Crippen LogP contribution in [0, 0.1) is 11.3 Å². The van der Waals surface area contributed by atoms with Crippen LogP contribution in [-0.2, 0) is 16.4 Å². The van der Waals surface area contributed by atoms with E-state index >= 15 is 0 Å². The van der Waals surface area contributed by atoms with Gasteiger partial charge in [0.25, 0.3) is 5.91 Å². The van der Waals surface area contributed by atoms with Gasteiger partial charge < -0.3 is 15.0 Å². The van der Waals surface area contributed by atoms with Crippen molar-refractivity contribution in [1.29, 1.82) is 5.26 Å². The number of alkyl halides is 3. The summed E-state index contributed by atoms with van der Waals surface area (Å²) < 4.78 is 70.4. The van der Waals surface area contributed by atoms with E-state index in [-0.39, 0.29) is 29.8 Å². The van der Waals surface area contributed by atoms with E-state index in [0.717, 1.165) is 22.5 Å². The minimum absolute atomic E-state index is 0.0183. The molecule has 0 saturated carbocycles. The number of benzene rings is 3. The number of hydrogen-bond acceptors (Lipinski definition) is 5. The molecule has 3 aromatic carbocycles. The molecule has 0 aliphatic rings. The first-order valence-electron chi connectivity index (χ1n) is 12.2. The van der Waals surface area contributed by atoms with E-state index in [2.05, 4.69) is 19.8 Å². The van der Waals surface area contributed by atoms with Gasteiger partial charge in [0.15, 0.2) is 0 Å². The highest BCUT2D eigenvalue weighted by atomic mass is 32.2. The van der Waals surface area contributed by atoms with E-state index < -0.39 is 34.1 Å². The molecule has 0 bridgehead atoms. The van der Waals surface area contributed by atoms with Gasteiger partial charge in [0, 0.05) is 29.7 Å². The van der Waals surface area contributed by atoms with Crippen molar-refractivity contribution in [3.05, 3.63) is 84.1 Å². The van der Waals surface area contributed by atoms with Crippen molar-refractivity contribution in [2.75, 3.05) is 6.54 Å². The Morgan fingerprint density at radius 2 is 1.77 bits per heavy atom. The molecule has 4 aromatic rings. The topological polar surface area (TPSA) is 124 Å². The summed E-state index contributed by atoms with van der Waals surface area (Å²) in [7, 11) is -3.70. The maximum Gasteiger partial charge on any atom is 0.573 e. The van der Waals surface area contributed by atoms with E-state index in [1.165, 1.54) is 36.4 Å². The average Bonchev–Trinajstić information content (AvgIpc) is 3.31. The number of H-pyrrole nitrogens is 1. The summed E-state index contributed by atoms with van der Waals surface area (Å²) >= 11 is 0. The van der Waals surface area contributed by atoms with Gasteiger partial charge in [0.1, 0.15) is 5.75 Å². The number of nitrogens with one attached hydrogen (secondary N) is 3. The van der Waals surface area contributed by atoms with Crippen LogP contribution in [0.4, 0.5) is 13.2 Å². The summed E-state index contributed by atoms with van der Waals surface area (Å²) in [5, 5.41) is 12.9. The molecule has 0 saturated heterocycles. The normalized spacial score (nSPS) is 12.6. The lowest BCUT2D eigenvalue weighted by atomic mass is 10.00. The van der Waals surface area contributed by atoms with Crippen molar-refractivity contribution in [2.45, 2.75) is 37.1 Å². The number of carbonyl (C=O) groups is 1. The lowest BCUT2D eigenvalue weighted by Crippen LogP contribution is -2.36. The largest absolute Gasteiger partial charge is 0.573 e. The minimum atomic E-state index is -5.05. The van der Waals surface area contributed by atoms with Gasteiger partial charge in [-0.2, -0.15) is 5.26 Å². The number of ether oxygens (including phenoxy) is 1. The van der Waals surface area contributed by atoms with Gasteiger partial charge in [-0.1, -0.05) is 43.3 Å². The zero-order valence-electron chi connectivity index (χ0n) is 21.2. The van der Waals surface area contributed by atoms with Crippen LogP contribution in [-0.4, -0.2) is 38.3 Å². The van der Waals surface area contributed by atoms with E-state index in [1.54, 1.807) is 13.1 Å². The second-order valence-electron chi connectivity index (χ2n) is 8.88. The number of hydrogen-bond donors (Lipinski definition) is 3. The third-order valence-corrected chi connectivity index (χ3v) is 7.66. The van der Waals surface area contributed by atoms with Crippen molar-refractivity contribution in [2.24, 2.45) is 0 Å². The SMILES string of the molecule is CCNS(=O)(=O)c1ccc(-c2ccc(OC(F)(F)F)c(C(=O)NC(CC#N)Cc3c[nH]c4ccccc34)c2)cc1. The molecule has 0 spiro atoms. The zero-order chi connectivity index (χ0) is 28.9. The third kappa shape index (κ3) is 6.80. The molecular weight excluding hydrogens is 545 g/mol. The number of nitriles is 1. The summed E-state index contributed by atoms with van der Waals surface area (Å²) in [6.45, 7) is 1.85. The molecule has 0 aliphatic heterocycles. The lowest BCUT2D eigenvalue weighted by Gasteiger charge is -2.19. The molecule has 0 aliphatic carbocycles. The lowest BCUT2D eigenvalue weighted by molar-refractivity contribution is -0.274. The molecular formula is C28H25F3N4O4S. The maximum atomic E-state index is 13.3. The van der Waals surface area contributed by atoms with Crippen LogP contribution in [0.1, 0.15) is 29.3 Å². The van der Waals surface area contributed by atoms with Crippen molar-refractivity contribution in [3.8, 4) is 22.9 Å². The van der Waals surface area contributed by atoms with Gasteiger partial charge in [-0.3, -0.25) is 4.79 Å². The number of aromatic nitrogens is 1. The number of para-hydroxylation sites is 1. The number of fused-ring (bicyclic) bond motifs is 1. The molecule has 0 fully saturated rings. The molecule has 1 unspecified atom stereocenters. The van der Waals surface area contributed by atoms with Gasteiger partial charge in [0.05, 0.1) is 22.9 Å². The Hall–Kier alpha value is -4.34. The van der Waals surface area contributed by atoms with Crippen LogP contribution in [0.5, 0.6) is 5.75 Å². The van der Waals surface area contributed by atoms with Crippen molar-refractivity contribution < 1.29 is 31.1 Å². The number of aromatic amines is 1. The number of sulfonamides is 1. The van der Waals surface area contributed by atoms with Crippen molar-refractivity contribution in [1.82, 2.24) is 15.0 Å². The fraction of sp³-hybridized carbons (Fsp3) is 0.214. The number of halogens is 3. The summed E-state index contributed by atoms with van der Waals surface area (Å²) in [6.07, 6.45) is -3.10. The van der Waals surface area contributed by atoms with Crippen LogP contribution < -0.4 is 14.8 Å². The Morgan fingerprint density at radius 3 is 2.45 bits per heavy atom. The van der Waals surface area contributed by atoms with Gasteiger partial charge in [-0.15, -0.1) is 13.2 Å². The van der Waals surface area contributed by atoms with E-state index in [0.29, 0.717) is 11.1 Å². The first-order valence-corrected chi connectivity index (χ1v) is 13.7. The number of amides is 1. The van der Waals surface area contributed by atoms with E-state index in [1.807, 2.05) is 30.3 Å². The monoisotopic (exact) mass is 570 g/mol. The highest BCUT2D eigenvalue weighted by Gasteiger charge is 2.33. The van der Waals surface area contributed by atoms with Crippen molar-refractivity contribution >= 4 is 26.8 Å². The number of rotatable bonds is 10. The summed E-state index contributed by atoms with van der Waals surface area (Å²) in [4.78, 5) is 16.4. The Bertz CT molecular complexity index is 1660. The fourth-order valence-electron chi connectivity index (χ4n) is 4.31. The van der Waals surface area contributed by atoms with Crippen LogP contribution in [0.3, 0.4) is 0 Å². The first kappa shape index (κ1) is 28.7. The Labute approximate surface area is 228 Å². The summed E-state index contributed by atoms with van der Waals surface area (Å²) in [6, 6.07) is 18.1. The third-order valence-electron chi connectivity index (χ3n) is 6.10. The molecule has 0 radical (unpaired) electrons. The Morgan fingerprint density at radius 1 is 1.07 bits per heavy atom. The second-order valence-corrected chi connectivity index (χ2v) is 10.6. The highest BCUT2D eigenvalue weighted by molar-refractivity contribution is 7.89. The van der Waals surface area contributed by atoms with Crippen LogP contribution in [0.2, 0.25) is 0 Å². The van der Waals surface area contributed by atoms with Crippen LogP contribution >= 0.6 is 0 Å². The van der Waals surface area contributed by atoms with Crippen LogP contribution in [0.15, 0.2) is 77.8 Å². The number of carbonyl (C=O) groups excluding carboxylic acids is 1. The van der Waals surface area contributed by atoms with Crippen molar-refractivity contribution in [3.63, 3.8) is 0 Å². The smallest absolute Gasteiger partial charge is 0.405 e. The summed E-state index contributed by atoms with van der Waals surface area (Å²) in [5.41, 5.74) is 2.15. The quantitative estimate of drug-likeness (QED) is 0.239. The van der Waals surface area contributed by atoms with Gasteiger partial charge in [-0.05, 0) is 53.4 Å². The van der Waals surface area contributed by atoms with Gasteiger partial charge in [0.2, 0.25) is 10.0 Å². The average molecular weight is 571 g/mol. The molecule has 1 atom stereocenters. The molecule has 1 amide bonds. The second kappa shape index (κ2) is 11.8. The molecule has 3 N–H and O–H groups in total. The predicted octanol–water partition coefficient (Wildman–Crippen LogP) is 5.29. The minimum Gasteiger partial charge on any atom is -0.405 e. The maximum absolute atomic E-state index is 13.3. The molecule has 12 heteroatoms. The molecule has 40 heavy (non-hydrogen) atoms. The number of nitrogens with zero attached hydrogens (tertiary/aromatic N) is 1. The fourth-order valence-corrected chi connectivity index (χ4v) is 5.36. The molecule has 208 valence electrons. The Kier molecular flexibility index (Phi) is 8.46. The molecule has 1 heterocycles.